The summed E-state index contributed by atoms with van der Waals surface area (Å²) in [5.74, 6) is -0.618. The molecule has 0 saturated carbocycles. The Kier molecular flexibility index (Phi) is 8.11. The van der Waals surface area contributed by atoms with E-state index in [9.17, 15) is 9.59 Å². The number of rotatable bonds is 8. The Morgan fingerprint density at radius 3 is 2.20 bits per heavy atom. The molecule has 2 rings (SSSR count). The summed E-state index contributed by atoms with van der Waals surface area (Å²) < 4.78 is 0. The third-order valence-electron chi connectivity index (χ3n) is 3.75. The van der Waals surface area contributed by atoms with Gasteiger partial charge in [0.25, 0.3) is 0 Å². The highest BCUT2D eigenvalue weighted by atomic mass is 35.5. The van der Waals surface area contributed by atoms with Gasteiger partial charge in [-0.05, 0) is 41.8 Å². The van der Waals surface area contributed by atoms with Gasteiger partial charge in [0.1, 0.15) is 0 Å². The molecule has 0 aliphatic rings. The van der Waals surface area contributed by atoms with Crippen LogP contribution < -0.4 is 11.5 Å². The van der Waals surface area contributed by atoms with E-state index in [1.807, 2.05) is 48.3 Å². The lowest BCUT2D eigenvalue weighted by atomic mass is 10.0. The highest BCUT2D eigenvalue weighted by Gasteiger charge is 2.05. The largest absolute Gasteiger partial charge is 0.370 e. The van der Waals surface area contributed by atoms with Crippen LogP contribution in [0, 0.1) is 0 Å². The fourth-order valence-electron chi connectivity index (χ4n) is 2.61. The van der Waals surface area contributed by atoms with Crippen LogP contribution in [0.3, 0.4) is 0 Å². The molecule has 0 fully saturated rings. The van der Waals surface area contributed by atoms with Gasteiger partial charge in [0, 0.05) is 13.0 Å². The van der Waals surface area contributed by atoms with Gasteiger partial charge in [0.2, 0.25) is 11.8 Å². The van der Waals surface area contributed by atoms with E-state index in [0.717, 1.165) is 22.3 Å². The summed E-state index contributed by atoms with van der Waals surface area (Å²) in [6.07, 6.45) is 1.02. The van der Waals surface area contributed by atoms with Gasteiger partial charge in [-0.25, -0.2) is 0 Å². The first kappa shape index (κ1) is 20.7. The summed E-state index contributed by atoms with van der Waals surface area (Å²) in [4.78, 5) is 23.7. The molecule has 0 saturated heterocycles. The fraction of sp³-hybridized carbons (Fsp3) is 0.263. The number of aryl methyl sites for hydroxylation is 1. The summed E-state index contributed by atoms with van der Waals surface area (Å²) in [5.41, 5.74) is 14.8. The number of likely N-dealkylation sites (N-methyl/N-ethyl adjacent to an activating group) is 1. The zero-order valence-electron chi connectivity index (χ0n) is 14.3. The van der Waals surface area contributed by atoms with E-state index in [0.29, 0.717) is 19.4 Å². The fourth-order valence-corrected chi connectivity index (χ4v) is 2.61. The molecule has 0 atom stereocenters. The highest BCUT2D eigenvalue weighted by Crippen LogP contribution is 2.22. The van der Waals surface area contributed by atoms with Gasteiger partial charge in [0.15, 0.2) is 0 Å². The first-order valence-corrected chi connectivity index (χ1v) is 7.87. The van der Waals surface area contributed by atoms with E-state index >= 15 is 0 Å². The lowest BCUT2D eigenvalue weighted by molar-refractivity contribution is -0.119. The van der Waals surface area contributed by atoms with Crippen LogP contribution in [0.15, 0.2) is 48.5 Å². The normalized spacial score (nSPS) is 10.3. The number of halogens is 1. The lowest BCUT2D eigenvalue weighted by Gasteiger charge is -2.15. The van der Waals surface area contributed by atoms with E-state index in [2.05, 4.69) is 12.1 Å². The second kappa shape index (κ2) is 9.81. The van der Waals surface area contributed by atoms with Gasteiger partial charge in [-0.2, -0.15) is 0 Å². The molecule has 5 nitrogen and oxygen atoms in total. The number of hydrogen-bond donors (Lipinski definition) is 2. The number of primary amides is 2. The Bertz CT molecular complexity index is 717. The second-order valence-electron chi connectivity index (χ2n) is 6.00. The standard InChI is InChI=1S/C19H23N3O2.ClH/c1-22(13-19(21)24)12-15-3-2-4-17(11-15)16-8-5-14(6-9-16)7-10-18(20)23;/h2-6,8-9,11H,7,10,12-13H2,1H3,(H2,20,23)(H2,21,24);1H. The van der Waals surface area contributed by atoms with Crippen molar-refractivity contribution in [3.8, 4) is 11.1 Å². The molecule has 0 unspecified atom stereocenters. The Hall–Kier alpha value is -2.37. The molecule has 0 bridgehead atoms. The van der Waals surface area contributed by atoms with Crippen molar-refractivity contribution < 1.29 is 9.59 Å². The molecule has 6 heteroatoms. The third kappa shape index (κ3) is 6.95. The number of amides is 2. The molecule has 25 heavy (non-hydrogen) atoms. The predicted molar refractivity (Wildman–Crippen MR) is 102 cm³/mol. The molecule has 2 aromatic carbocycles. The van der Waals surface area contributed by atoms with Crippen molar-refractivity contribution in [3.63, 3.8) is 0 Å². The van der Waals surface area contributed by atoms with Crippen molar-refractivity contribution in [2.45, 2.75) is 19.4 Å². The topological polar surface area (TPSA) is 89.4 Å². The summed E-state index contributed by atoms with van der Waals surface area (Å²) in [7, 11) is 1.87. The molecule has 0 aromatic heterocycles. The maximum Gasteiger partial charge on any atom is 0.231 e. The molecule has 0 aliphatic carbocycles. The van der Waals surface area contributed by atoms with Crippen LogP contribution in [0.4, 0.5) is 0 Å². The Morgan fingerprint density at radius 1 is 0.920 bits per heavy atom. The number of nitrogens with zero attached hydrogens (tertiary/aromatic N) is 1. The summed E-state index contributed by atoms with van der Waals surface area (Å²) in [6.45, 7) is 0.895. The van der Waals surface area contributed by atoms with E-state index < -0.39 is 0 Å². The summed E-state index contributed by atoms with van der Waals surface area (Å²) in [5, 5.41) is 0. The molecule has 0 radical (unpaired) electrons. The van der Waals surface area contributed by atoms with E-state index in [1.54, 1.807) is 0 Å². The van der Waals surface area contributed by atoms with E-state index in [-0.39, 0.29) is 30.8 Å². The van der Waals surface area contributed by atoms with Crippen LogP contribution >= 0.6 is 12.4 Å². The molecular weight excluding hydrogens is 338 g/mol. The van der Waals surface area contributed by atoms with Gasteiger partial charge < -0.3 is 11.5 Å². The van der Waals surface area contributed by atoms with Crippen LogP contribution in [0.25, 0.3) is 11.1 Å². The molecule has 0 spiro atoms. The van der Waals surface area contributed by atoms with Crippen molar-refractivity contribution in [1.29, 1.82) is 0 Å². The average Bonchev–Trinajstić information content (AvgIpc) is 2.53. The average molecular weight is 362 g/mol. The zero-order valence-corrected chi connectivity index (χ0v) is 15.1. The molecule has 4 N–H and O–H groups in total. The zero-order chi connectivity index (χ0) is 17.5. The molecule has 2 aromatic rings. The van der Waals surface area contributed by atoms with Gasteiger partial charge in [-0.3, -0.25) is 14.5 Å². The van der Waals surface area contributed by atoms with Gasteiger partial charge in [0.05, 0.1) is 6.54 Å². The highest BCUT2D eigenvalue weighted by molar-refractivity contribution is 5.85. The van der Waals surface area contributed by atoms with Crippen molar-refractivity contribution >= 4 is 24.2 Å². The third-order valence-corrected chi connectivity index (χ3v) is 3.75. The van der Waals surface area contributed by atoms with Gasteiger partial charge in [-0.1, -0.05) is 42.5 Å². The Balaban J connectivity index is 0.00000312. The molecule has 134 valence electrons. The molecule has 2 amide bonds. The van der Waals surface area contributed by atoms with Crippen molar-refractivity contribution in [2.75, 3.05) is 13.6 Å². The number of nitrogens with two attached hydrogens (primary N) is 2. The number of benzene rings is 2. The Morgan fingerprint density at radius 2 is 1.60 bits per heavy atom. The first-order chi connectivity index (χ1) is 11.4. The minimum absolute atomic E-state index is 0. The monoisotopic (exact) mass is 361 g/mol. The van der Waals surface area contributed by atoms with Crippen LogP contribution in [-0.2, 0) is 22.6 Å². The minimum Gasteiger partial charge on any atom is -0.370 e. The van der Waals surface area contributed by atoms with Crippen molar-refractivity contribution in [3.05, 3.63) is 59.7 Å². The lowest BCUT2D eigenvalue weighted by Crippen LogP contribution is -2.30. The van der Waals surface area contributed by atoms with E-state index in [1.165, 1.54) is 0 Å². The second-order valence-corrected chi connectivity index (χ2v) is 6.00. The maximum absolute atomic E-state index is 11.0. The predicted octanol–water partition coefficient (Wildman–Crippen LogP) is 2.11. The number of carbonyl (C=O) groups excluding carboxylic acids is 2. The van der Waals surface area contributed by atoms with Crippen LogP contribution in [0.5, 0.6) is 0 Å². The van der Waals surface area contributed by atoms with Crippen molar-refractivity contribution in [1.82, 2.24) is 4.90 Å². The molecule has 0 aliphatic heterocycles. The van der Waals surface area contributed by atoms with Crippen LogP contribution in [0.2, 0.25) is 0 Å². The van der Waals surface area contributed by atoms with Gasteiger partial charge in [-0.15, -0.1) is 12.4 Å². The van der Waals surface area contributed by atoms with Crippen molar-refractivity contribution in [2.24, 2.45) is 11.5 Å². The quantitative estimate of drug-likeness (QED) is 0.754. The molecule has 0 heterocycles. The van der Waals surface area contributed by atoms with Crippen LogP contribution in [-0.4, -0.2) is 30.3 Å². The summed E-state index contributed by atoms with van der Waals surface area (Å²) in [6, 6.07) is 16.3. The minimum atomic E-state index is -0.333. The SMILES string of the molecule is CN(CC(N)=O)Cc1cccc(-c2ccc(CCC(N)=O)cc2)c1.Cl. The maximum atomic E-state index is 11.0. The Labute approximate surface area is 154 Å². The first-order valence-electron chi connectivity index (χ1n) is 7.87. The van der Waals surface area contributed by atoms with Gasteiger partial charge >= 0.3 is 0 Å². The van der Waals surface area contributed by atoms with Crippen LogP contribution in [0.1, 0.15) is 17.5 Å². The number of carbonyl (C=O) groups is 2. The molecular formula is C19H24ClN3O2. The smallest absolute Gasteiger partial charge is 0.231 e. The summed E-state index contributed by atoms with van der Waals surface area (Å²) >= 11 is 0. The van der Waals surface area contributed by atoms with E-state index in [4.69, 9.17) is 11.5 Å². The number of hydrogen-bond acceptors (Lipinski definition) is 3.